The Morgan fingerprint density at radius 2 is 2.04 bits per heavy atom. The molecule has 6 nitrogen and oxygen atoms in total. The van der Waals surface area contributed by atoms with E-state index in [2.05, 4.69) is 15.3 Å². The summed E-state index contributed by atoms with van der Waals surface area (Å²) in [6.45, 7) is 0.520. The highest BCUT2D eigenvalue weighted by atomic mass is 35.5. The first-order valence-electron chi connectivity index (χ1n) is 7.71. The Kier molecular flexibility index (Phi) is 4.72. The predicted octanol–water partition coefficient (Wildman–Crippen LogP) is 3.06. The molecule has 0 atom stereocenters. The van der Waals surface area contributed by atoms with Crippen molar-refractivity contribution in [1.82, 2.24) is 9.97 Å². The molecule has 3 aromatic rings. The number of pyridine rings is 2. The zero-order chi connectivity index (χ0) is 18.0. The lowest BCUT2D eigenvalue weighted by Crippen LogP contribution is -2.13. The number of nitrogens with zero attached hydrogens (tertiary/aromatic N) is 3. The number of hydrogen-bond acceptors (Lipinski definition) is 5. The molecule has 0 saturated carbocycles. The number of carbonyl (C=O) groups excluding carboxylic acids is 1. The van der Waals surface area contributed by atoms with Gasteiger partial charge in [0.05, 0.1) is 16.1 Å². The highest BCUT2D eigenvalue weighted by Gasteiger charge is 2.10. The molecule has 0 aliphatic heterocycles. The number of para-hydroxylation sites is 1. The van der Waals surface area contributed by atoms with Crippen LogP contribution in [0.4, 0.5) is 11.6 Å². The molecule has 0 radical (unpaired) electrons. The van der Waals surface area contributed by atoms with E-state index in [1.54, 1.807) is 0 Å². The van der Waals surface area contributed by atoms with E-state index in [1.807, 2.05) is 49.3 Å². The fourth-order valence-electron chi connectivity index (χ4n) is 2.49. The fraction of sp³-hybridized carbons (Fsp3) is 0.167. The number of benzene rings is 1. The molecule has 1 amide bonds. The first-order valence-corrected chi connectivity index (χ1v) is 8.08. The molecule has 25 heavy (non-hydrogen) atoms. The van der Waals surface area contributed by atoms with Crippen molar-refractivity contribution in [2.75, 3.05) is 24.3 Å². The van der Waals surface area contributed by atoms with Gasteiger partial charge < -0.3 is 16.0 Å². The van der Waals surface area contributed by atoms with Gasteiger partial charge in [0.2, 0.25) is 5.91 Å². The average Bonchev–Trinajstić information content (AvgIpc) is 2.60. The molecule has 2 aromatic heterocycles. The summed E-state index contributed by atoms with van der Waals surface area (Å²) in [4.78, 5) is 22.0. The number of anilines is 2. The second-order valence-corrected chi connectivity index (χ2v) is 6.23. The second kappa shape index (κ2) is 6.94. The molecule has 3 N–H and O–H groups in total. The minimum Gasteiger partial charge on any atom is -0.366 e. The normalized spacial score (nSPS) is 10.7. The van der Waals surface area contributed by atoms with E-state index in [0.29, 0.717) is 17.4 Å². The van der Waals surface area contributed by atoms with E-state index < -0.39 is 5.91 Å². The summed E-state index contributed by atoms with van der Waals surface area (Å²) in [5.41, 5.74) is 7.51. The van der Waals surface area contributed by atoms with E-state index in [4.69, 9.17) is 17.3 Å². The van der Waals surface area contributed by atoms with Crippen LogP contribution in [0.1, 0.15) is 15.9 Å². The van der Waals surface area contributed by atoms with Crippen molar-refractivity contribution in [2.24, 2.45) is 5.73 Å². The van der Waals surface area contributed by atoms with Crippen LogP contribution in [0.2, 0.25) is 5.02 Å². The van der Waals surface area contributed by atoms with Crippen LogP contribution in [0, 0.1) is 0 Å². The number of aromatic nitrogens is 2. The number of fused-ring (bicyclic) bond motifs is 1. The van der Waals surface area contributed by atoms with Gasteiger partial charge in [-0.05, 0) is 23.8 Å². The molecule has 0 saturated heterocycles. The minimum absolute atomic E-state index is 0.278. The second-order valence-electron chi connectivity index (χ2n) is 5.82. The summed E-state index contributed by atoms with van der Waals surface area (Å²) in [5.74, 6) is 0.814. The van der Waals surface area contributed by atoms with Crippen LogP contribution >= 0.6 is 11.6 Å². The number of hydrogen-bond donors (Lipinski definition) is 2. The van der Waals surface area contributed by atoms with Crippen LogP contribution in [0.5, 0.6) is 0 Å². The SMILES string of the molecule is CN(C)c1cc(CNc2ncc(C(N)=O)cc2Cl)c2ccccc2n1. The Morgan fingerprint density at radius 3 is 2.72 bits per heavy atom. The summed E-state index contributed by atoms with van der Waals surface area (Å²) in [6.07, 6.45) is 1.41. The Hall–Kier alpha value is -2.86. The van der Waals surface area contributed by atoms with E-state index in [1.165, 1.54) is 12.3 Å². The van der Waals surface area contributed by atoms with Crippen molar-refractivity contribution in [2.45, 2.75) is 6.54 Å². The maximum Gasteiger partial charge on any atom is 0.250 e. The summed E-state index contributed by atoms with van der Waals surface area (Å²) in [6, 6.07) is 11.5. The van der Waals surface area contributed by atoms with E-state index in [0.717, 1.165) is 22.3 Å². The minimum atomic E-state index is -0.559. The van der Waals surface area contributed by atoms with Crippen LogP contribution in [0.3, 0.4) is 0 Å². The molecule has 0 unspecified atom stereocenters. The summed E-state index contributed by atoms with van der Waals surface area (Å²) in [7, 11) is 3.91. The van der Waals surface area contributed by atoms with Gasteiger partial charge in [-0.1, -0.05) is 29.8 Å². The van der Waals surface area contributed by atoms with Gasteiger partial charge in [-0.3, -0.25) is 4.79 Å². The third-order valence-corrected chi connectivity index (χ3v) is 4.11. The fourth-order valence-corrected chi connectivity index (χ4v) is 2.72. The smallest absolute Gasteiger partial charge is 0.250 e. The van der Waals surface area contributed by atoms with Gasteiger partial charge in [0, 0.05) is 32.2 Å². The van der Waals surface area contributed by atoms with E-state index in [-0.39, 0.29) is 5.56 Å². The first kappa shape index (κ1) is 17.0. The van der Waals surface area contributed by atoms with Crippen LogP contribution in [-0.2, 0) is 6.54 Å². The number of nitrogens with one attached hydrogen (secondary N) is 1. The largest absolute Gasteiger partial charge is 0.366 e. The monoisotopic (exact) mass is 355 g/mol. The topological polar surface area (TPSA) is 84.1 Å². The first-order chi connectivity index (χ1) is 12.0. The molecule has 7 heteroatoms. The summed E-state index contributed by atoms with van der Waals surface area (Å²) >= 11 is 6.19. The molecule has 1 aromatic carbocycles. The lowest BCUT2D eigenvalue weighted by Gasteiger charge is -2.16. The van der Waals surface area contributed by atoms with E-state index >= 15 is 0 Å². The number of amides is 1. The van der Waals surface area contributed by atoms with E-state index in [9.17, 15) is 4.79 Å². The molecule has 3 rings (SSSR count). The number of carbonyl (C=O) groups is 1. The molecular weight excluding hydrogens is 338 g/mol. The molecule has 0 fully saturated rings. The number of nitrogens with two attached hydrogens (primary N) is 1. The van der Waals surface area contributed by atoms with Crippen LogP contribution in [0.25, 0.3) is 10.9 Å². The highest BCUT2D eigenvalue weighted by molar-refractivity contribution is 6.33. The third kappa shape index (κ3) is 3.64. The molecule has 128 valence electrons. The van der Waals surface area contributed by atoms with Crippen molar-refractivity contribution >= 4 is 40.0 Å². The zero-order valence-electron chi connectivity index (χ0n) is 14.0. The molecule has 0 aliphatic rings. The van der Waals surface area contributed by atoms with Gasteiger partial charge in [-0.15, -0.1) is 0 Å². The highest BCUT2D eigenvalue weighted by Crippen LogP contribution is 2.25. The summed E-state index contributed by atoms with van der Waals surface area (Å²) in [5, 5.41) is 4.62. The molecule has 0 bridgehead atoms. The van der Waals surface area contributed by atoms with Crippen molar-refractivity contribution in [3.8, 4) is 0 Å². The maximum absolute atomic E-state index is 11.2. The quantitative estimate of drug-likeness (QED) is 0.734. The van der Waals surface area contributed by atoms with Crippen molar-refractivity contribution in [3.63, 3.8) is 0 Å². The predicted molar refractivity (Wildman–Crippen MR) is 101 cm³/mol. The Bertz CT molecular complexity index is 942. The lowest BCUT2D eigenvalue weighted by atomic mass is 10.1. The van der Waals surface area contributed by atoms with Gasteiger partial charge >= 0.3 is 0 Å². The Balaban J connectivity index is 1.92. The van der Waals surface area contributed by atoms with Gasteiger partial charge in [-0.2, -0.15) is 0 Å². The van der Waals surface area contributed by atoms with Crippen molar-refractivity contribution < 1.29 is 4.79 Å². The molecule has 2 heterocycles. The van der Waals surface area contributed by atoms with Crippen LogP contribution < -0.4 is 16.0 Å². The standard InChI is InChI=1S/C18H18ClN5O/c1-24(2)16-8-11(13-5-3-4-6-15(13)23-16)9-21-18-14(19)7-12(10-22-18)17(20)25/h3-8,10H,9H2,1-2H3,(H2,20,25)(H,21,22). The van der Waals surface area contributed by atoms with Crippen molar-refractivity contribution in [3.05, 3.63) is 58.7 Å². The Labute approximate surface area is 150 Å². The zero-order valence-corrected chi connectivity index (χ0v) is 14.7. The number of halogens is 1. The van der Waals surface area contributed by atoms with Gasteiger partial charge in [0.25, 0.3) is 0 Å². The van der Waals surface area contributed by atoms with Gasteiger partial charge in [-0.25, -0.2) is 9.97 Å². The third-order valence-electron chi connectivity index (χ3n) is 3.82. The average molecular weight is 356 g/mol. The number of rotatable bonds is 5. The van der Waals surface area contributed by atoms with Crippen LogP contribution in [0.15, 0.2) is 42.6 Å². The summed E-state index contributed by atoms with van der Waals surface area (Å²) < 4.78 is 0. The molecular formula is C18H18ClN5O. The van der Waals surface area contributed by atoms with Gasteiger partial charge in [0.1, 0.15) is 11.6 Å². The lowest BCUT2D eigenvalue weighted by molar-refractivity contribution is 0.1000. The van der Waals surface area contributed by atoms with Crippen molar-refractivity contribution in [1.29, 1.82) is 0 Å². The number of primary amides is 1. The van der Waals surface area contributed by atoms with Crippen LogP contribution in [-0.4, -0.2) is 30.0 Å². The van der Waals surface area contributed by atoms with Gasteiger partial charge in [0.15, 0.2) is 0 Å². The Morgan fingerprint density at radius 1 is 1.28 bits per heavy atom. The molecule has 0 spiro atoms. The maximum atomic E-state index is 11.2. The molecule has 0 aliphatic carbocycles.